The SMILES string of the molecule is Cc1ccccc1C(=O)Nc1ccc(S(=O)(=O)NC(C)c2ccccc2)c2ccccc12. The van der Waals surface area contributed by atoms with Gasteiger partial charge in [0.2, 0.25) is 10.0 Å². The second-order valence-electron chi connectivity index (χ2n) is 7.68. The molecule has 0 aromatic heterocycles. The Morgan fingerprint density at radius 2 is 1.41 bits per heavy atom. The Labute approximate surface area is 188 Å². The molecule has 4 aromatic rings. The number of hydrogen-bond acceptors (Lipinski definition) is 3. The topological polar surface area (TPSA) is 75.3 Å². The molecule has 1 atom stereocenters. The first kappa shape index (κ1) is 21.7. The Hall–Kier alpha value is -3.48. The fraction of sp³-hybridized carbons (Fsp3) is 0.115. The molecule has 32 heavy (non-hydrogen) atoms. The first-order valence-electron chi connectivity index (χ1n) is 10.3. The van der Waals surface area contributed by atoms with Crippen LogP contribution in [0.15, 0.2) is 95.9 Å². The van der Waals surface area contributed by atoms with E-state index in [1.54, 1.807) is 24.3 Å². The minimum atomic E-state index is -3.80. The standard InChI is InChI=1S/C26H24N2O3S/c1-18-10-6-7-13-21(18)26(29)27-24-16-17-25(23-15-9-8-14-22(23)24)32(30,31)28-19(2)20-11-4-3-5-12-20/h3-17,19,28H,1-2H3,(H,27,29). The lowest BCUT2D eigenvalue weighted by Gasteiger charge is -2.17. The summed E-state index contributed by atoms with van der Waals surface area (Å²) < 4.78 is 29.2. The predicted molar refractivity (Wildman–Crippen MR) is 128 cm³/mol. The van der Waals surface area contributed by atoms with Crippen molar-refractivity contribution in [2.45, 2.75) is 24.8 Å². The first-order valence-corrected chi connectivity index (χ1v) is 11.8. The van der Waals surface area contributed by atoms with E-state index >= 15 is 0 Å². The zero-order valence-electron chi connectivity index (χ0n) is 17.9. The lowest BCUT2D eigenvalue weighted by molar-refractivity contribution is 0.102. The van der Waals surface area contributed by atoms with E-state index in [4.69, 9.17) is 0 Å². The fourth-order valence-corrected chi connectivity index (χ4v) is 5.18. The minimum absolute atomic E-state index is 0.171. The second kappa shape index (κ2) is 8.94. The molecule has 0 fully saturated rings. The summed E-state index contributed by atoms with van der Waals surface area (Å²) in [6, 6.07) is 26.7. The highest BCUT2D eigenvalue weighted by Gasteiger charge is 2.22. The zero-order chi connectivity index (χ0) is 22.7. The van der Waals surface area contributed by atoms with Crippen LogP contribution < -0.4 is 10.0 Å². The van der Waals surface area contributed by atoms with Crippen molar-refractivity contribution in [3.63, 3.8) is 0 Å². The summed E-state index contributed by atoms with van der Waals surface area (Å²) in [5, 5.41) is 4.13. The van der Waals surface area contributed by atoms with Gasteiger partial charge in [0.05, 0.1) is 4.90 Å². The normalized spacial score (nSPS) is 12.4. The lowest BCUT2D eigenvalue weighted by atomic mass is 10.1. The second-order valence-corrected chi connectivity index (χ2v) is 9.36. The van der Waals surface area contributed by atoms with Crippen molar-refractivity contribution in [2.24, 2.45) is 0 Å². The quantitative estimate of drug-likeness (QED) is 0.416. The summed E-state index contributed by atoms with van der Waals surface area (Å²) in [5.74, 6) is -0.236. The van der Waals surface area contributed by atoms with Gasteiger partial charge in [-0.3, -0.25) is 4.79 Å². The largest absolute Gasteiger partial charge is 0.321 e. The predicted octanol–water partition coefficient (Wildman–Crippen LogP) is 5.44. The zero-order valence-corrected chi connectivity index (χ0v) is 18.7. The van der Waals surface area contributed by atoms with Gasteiger partial charge >= 0.3 is 0 Å². The summed E-state index contributed by atoms with van der Waals surface area (Å²) >= 11 is 0. The van der Waals surface area contributed by atoms with Gasteiger partial charge in [0, 0.05) is 28.1 Å². The number of carbonyl (C=O) groups excluding carboxylic acids is 1. The van der Waals surface area contributed by atoms with E-state index in [1.807, 2.05) is 74.5 Å². The molecule has 4 aromatic carbocycles. The highest BCUT2D eigenvalue weighted by Crippen LogP contribution is 2.31. The summed E-state index contributed by atoms with van der Waals surface area (Å²) in [6.07, 6.45) is 0. The van der Waals surface area contributed by atoms with Crippen molar-refractivity contribution in [2.75, 3.05) is 5.32 Å². The monoisotopic (exact) mass is 444 g/mol. The van der Waals surface area contributed by atoms with E-state index in [2.05, 4.69) is 10.0 Å². The highest BCUT2D eigenvalue weighted by molar-refractivity contribution is 7.89. The van der Waals surface area contributed by atoms with Crippen LogP contribution in [0.4, 0.5) is 5.69 Å². The maximum Gasteiger partial charge on any atom is 0.255 e. The van der Waals surface area contributed by atoms with Crippen molar-refractivity contribution in [3.8, 4) is 0 Å². The molecule has 4 rings (SSSR count). The third kappa shape index (κ3) is 4.42. The molecule has 0 aliphatic heterocycles. The van der Waals surface area contributed by atoms with Gasteiger partial charge in [-0.2, -0.15) is 0 Å². The summed E-state index contributed by atoms with van der Waals surface area (Å²) in [5.41, 5.74) is 2.88. The average molecular weight is 445 g/mol. The highest BCUT2D eigenvalue weighted by atomic mass is 32.2. The van der Waals surface area contributed by atoms with Gasteiger partial charge in [0.15, 0.2) is 0 Å². The van der Waals surface area contributed by atoms with E-state index in [1.165, 1.54) is 6.07 Å². The molecule has 0 aliphatic carbocycles. The average Bonchev–Trinajstić information content (AvgIpc) is 2.79. The van der Waals surface area contributed by atoms with Gasteiger partial charge in [-0.05, 0) is 43.2 Å². The Kier molecular flexibility index (Phi) is 6.08. The van der Waals surface area contributed by atoms with Crippen LogP contribution in [0, 0.1) is 6.92 Å². The van der Waals surface area contributed by atoms with Crippen LogP contribution in [-0.2, 0) is 10.0 Å². The van der Waals surface area contributed by atoms with E-state index in [-0.39, 0.29) is 16.8 Å². The molecule has 0 heterocycles. The van der Waals surface area contributed by atoms with E-state index in [0.29, 0.717) is 22.0 Å². The number of nitrogens with one attached hydrogen (secondary N) is 2. The first-order chi connectivity index (χ1) is 15.4. The van der Waals surface area contributed by atoms with Crippen LogP contribution in [0.5, 0.6) is 0 Å². The fourth-order valence-electron chi connectivity index (χ4n) is 3.74. The maximum atomic E-state index is 13.2. The number of amides is 1. The number of rotatable bonds is 6. The van der Waals surface area contributed by atoms with Crippen molar-refractivity contribution in [1.29, 1.82) is 0 Å². The molecule has 0 spiro atoms. The number of benzene rings is 4. The van der Waals surface area contributed by atoms with Crippen LogP contribution in [0.1, 0.15) is 34.5 Å². The lowest BCUT2D eigenvalue weighted by Crippen LogP contribution is -2.27. The molecule has 5 nitrogen and oxygen atoms in total. The minimum Gasteiger partial charge on any atom is -0.321 e. The van der Waals surface area contributed by atoms with Crippen molar-refractivity contribution >= 4 is 32.4 Å². The number of aryl methyl sites for hydroxylation is 1. The van der Waals surface area contributed by atoms with Crippen LogP contribution in [0.3, 0.4) is 0 Å². The van der Waals surface area contributed by atoms with Gasteiger partial charge < -0.3 is 5.32 Å². The van der Waals surface area contributed by atoms with Gasteiger partial charge in [-0.15, -0.1) is 0 Å². The molecule has 0 saturated heterocycles. The van der Waals surface area contributed by atoms with Gasteiger partial charge in [-0.1, -0.05) is 72.8 Å². The summed E-state index contributed by atoms with van der Waals surface area (Å²) in [4.78, 5) is 13.0. The third-order valence-electron chi connectivity index (χ3n) is 5.44. The number of hydrogen-bond donors (Lipinski definition) is 2. The van der Waals surface area contributed by atoms with Crippen LogP contribution in [0.25, 0.3) is 10.8 Å². The van der Waals surface area contributed by atoms with Crippen LogP contribution in [-0.4, -0.2) is 14.3 Å². The number of sulfonamides is 1. The molecule has 1 amide bonds. The molecule has 2 N–H and O–H groups in total. The van der Waals surface area contributed by atoms with Crippen molar-refractivity contribution < 1.29 is 13.2 Å². The van der Waals surface area contributed by atoms with Gasteiger partial charge in [0.1, 0.15) is 0 Å². The molecule has 6 heteroatoms. The van der Waals surface area contributed by atoms with E-state index in [9.17, 15) is 13.2 Å². The molecule has 0 radical (unpaired) electrons. The number of fused-ring (bicyclic) bond motifs is 1. The van der Waals surface area contributed by atoms with Crippen LogP contribution >= 0.6 is 0 Å². The third-order valence-corrected chi connectivity index (χ3v) is 7.04. The maximum absolute atomic E-state index is 13.2. The molecule has 0 bridgehead atoms. The van der Waals surface area contributed by atoms with E-state index in [0.717, 1.165) is 11.1 Å². The summed E-state index contributed by atoms with van der Waals surface area (Å²) in [7, 11) is -3.80. The van der Waals surface area contributed by atoms with Gasteiger partial charge in [-0.25, -0.2) is 13.1 Å². The molecule has 0 saturated carbocycles. The van der Waals surface area contributed by atoms with E-state index < -0.39 is 10.0 Å². The number of anilines is 1. The molecular weight excluding hydrogens is 420 g/mol. The molecule has 1 unspecified atom stereocenters. The molecule has 0 aliphatic rings. The van der Waals surface area contributed by atoms with Crippen molar-refractivity contribution in [1.82, 2.24) is 4.72 Å². The van der Waals surface area contributed by atoms with Crippen LogP contribution in [0.2, 0.25) is 0 Å². The van der Waals surface area contributed by atoms with Crippen molar-refractivity contribution in [3.05, 3.63) is 108 Å². The Bertz CT molecular complexity index is 1380. The number of carbonyl (C=O) groups is 1. The Morgan fingerprint density at radius 3 is 2.12 bits per heavy atom. The Morgan fingerprint density at radius 1 is 0.781 bits per heavy atom. The van der Waals surface area contributed by atoms with Gasteiger partial charge in [0.25, 0.3) is 5.91 Å². The molecular formula is C26H24N2O3S. The molecule has 162 valence electrons. The Balaban J connectivity index is 1.69. The summed E-state index contributed by atoms with van der Waals surface area (Å²) in [6.45, 7) is 3.69. The smallest absolute Gasteiger partial charge is 0.255 e.